The van der Waals surface area contributed by atoms with Crippen molar-refractivity contribution in [1.29, 1.82) is 0 Å². The van der Waals surface area contributed by atoms with Crippen molar-refractivity contribution in [2.24, 2.45) is 0 Å². The monoisotopic (exact) mass is 257 g/mol. The molecule has 0 aliphatic carbocycles. The zero-order chi connectivity index (χ0) is 13.2. The molecule has 1 aromatic rings. The van der Waals surface area contributed by atoms with Gasteiger partial charge in [-0.1, -0.05) is 18.2 Å². The third kappa shape index (κ3) is 2.14. The number of piperidine rings is 1. The zero-order valence-electron chi connectivity index (χ0n) is 11.3. The van der Waals surface area contributed by atoms with Crippen LogP contribution >= 0.6 is 0 Å². The van der Waals surface area contributed by atoms with E-state index in [0.717, 1.165) is 24.1 Å². The zero-order valence-corrected chi connectivity index (χ0v) is 11.3. The summed E-state index contributed by atoms with van der Waals surface area (Å²) < 4.78 is 5.21. The summed E-state index contributed by atoms with van der Waals surface area (Å²) in [5, 5.41) is 0. The Morgan fingerprint density at radius 3 is 3.05 bits per heavy atom. The van der Waals surface area contributed by atoms with E-state index >= 15 is 0 Å². The molecule has 0 bridgehead atoms. The molecule has 1 unspecified atom stereocenters. The van der Waals surface area contributed by atoms with Gasteiger partial charge >= 0.3 is 5.97 Å². The van der Waals surface area contributed by atoms with E-state index in [4.69, 9.17) is 4.74 Å². The number of rotatable bonds is 2. The first-order valence-corrected chi connectivity index (χ1v) is 7.05. The van der Waals surface area contributed by atoms with Crippen LogP contribution in [0, 0.1) is 0 Å². The molecule has 100 valence electrons. The molecular weight excluding hydrogens is 238 g/mol. The van der Waals surface area contributed by atoms with E-state index in [1.807, 2.05) is 19.1 Å². The average molecular weight is 257 g/mol. The van der Waals surface area contributed by atoms with Crippen LogP contribution in [-0.2, 0) is 9.53 Å². The van der Waals surface area contributed by atoms with Crippen molar-refractivity contribution in [2.45, 2.75) is 32.2 Å². The molecule has 0 radical (unpaired) electrons. The minimum absolute atomic E-state index is 0.158. The number of carbonyl (C=O) groups is 1. The minimum Gasteiger partial charge on any atom is -0.463 e. The number of ether oxygens (including phenoxy) is 1. The van der Waals surface area contributed by atoms with Crippen LogP contribution in [0.5, 0.6) is 0 Å². The highest BCUT2D eigenvalue weighted by Crippen LogP contribution is 2.37. The lowest BCUT2D eigenvalue weighted by atomic mass is 9.88. The summed E-state index contributed by atoms with van der Waals surface area (Å²) in [4.78, 5) is 14.5. The summed E-state index contributed by atoms with van der Waals surface area (Å²) in [6.45, 7) is 3.32. The summed E-state index contributed by atoms with van der Waals surface area (Å²) in [6.07, 6.45) is 5.43. The Morgan fingerprint density at radius 2 is 2.21 bits per heavy atom. The fraction of sp³-hybridized carbons (Fsp3) is 0.438. The topological polar surface area (TPSA) is 29.5 Å². The van der Waals surface area contributed by atoms with Gasteiger partial charge in [0.1, 0.15) is 0 Å². The van der Waals surface area contributed by atoms with Gasteiger partial charge in [0.25, 0.3) is 0 Å². The number of para-hydroxylation sites is 1. The fourth-order valence-electron chi connectivity index (χ4n) is 3.09. The maximum atomic E-state index is 12.1. The predicted molar refractivity (Wildman–Crippen MR) is 76.0 cm³/mol. The van der Waals surface area contributed by atoms with Gasteiger partial charge in [0.05, 0.1) is 18.2 Å². The normalized spacial score (nSPS) is 21.2. The number of nitrogens with zero attached hydrogens (tertiary/aromatic N) is 1. The van der Waals surface area contributed by atoms with Gasteiger partial charge in [0.15, 0.2) is 0 Å². The smallest absolute Gasteiger partial charge is 0.336 e. The molecule has 3 nitrogen and oxygen atoms in total. The van der Waals surface area contributed by atoms with Crippen LogP contribution in [0.2, 0.25) is 0 Å². The number of carbonyl (C=O) groups excluding carboxylic acids is 1. The number of benzene rings is 1. The molecule has 0 spiro atoms. The molecule has 1 fully saturated rings. The van der Waals surface area contributed by atoms with Crippen molar-refractivity contribution in [3.63, 3.8) is 0 Å². The molecule has 2 aliphatic rings. The summed E-state index contributed by atoms with van der Waals surface area (Å²) in [5.74, 6) is -0.158. The second-order valence-corrected chi connectivity index (χ2v) is 5.08. The Kier molecular flexibility index (Phi) is 3.28. The fourth-order valence-corrected chi connectivity index (χ4v) is 3.09. The molecule has 0 saturated carbocycles. The number of hydrogen-bond donors (Lipinski definition) is 0. The standard InChI is InChI=1S/C16H19NO2/c1-2-19-16(18)13-11-12-7-3-4-8-14(12)17-10-6-5-9-15(13)17/h3-4,7-8,11,15H,2,5-6,9-10H2,1H3. The largest absolute Gasteiger partial charge is 0.463 e. The lowest BCUT2D eigenvalue weighted by molar-refractivity contribution is -0.138. The molecular formula is C16H19NO2. The lowest BCUT2D eigenvalue weighted by Crippen LogP contribution is -2.44. The van der Waals surface area contributed by atoms with E-state index in [2.05, 4.69) is 23.1 Å². The van der Waals surface area contributed by atoms with Crippen molar-refractivity contribution in [3.05, 3.63) is 35.4 Å². The maximum absolute atomic E-state index is 12.1. The average Bonchev–Trinajstić information content (AvgIpc) is 2.46. The predicted octanol–water partition coefficient (Wildman–Crippen LogP) is 3.01. The van der Waals surface area contributed by atoms with Gasteiger partial charge in [0.2, 0.25) is 0 Å². The van der Waals surface area contributed by atoms with Gasteiger partial charge in [-0.2, -0.15) is 0 Å². The van der Waals surface area contributed by atoms with E-state index in [0.29, 0.717) is 6.61 Å². The molecule has 3 rings (SSSR count). The van der Waals surface area contributed by atoms with Crippen LogP contribution in [-0.4, -0.2) is 25.2 Å². The highest BCUT2D eigenvalue weighted by atomic mass is 16.5. The summed E-state index contributed by atoms with van der Waals surface area (Å²) in [6, 6.07) is 8.49. The molecule has 2 aliphatic heterocycles. The van der Waals surface area contributed by atoms with Gasteiger partial charge in [-0.15, -0.1) is 0 Å². The molecule has 0 aromatic heterocycles. The first-order valence-electron chi connectivity index (χ1n) is 7.05. The van der Waals surface area contributed by atoms with Gasteiger partial charge < -0.3 is 9.64 Å². The summed E-state index contributed by atoms with van der Waals surface area (Å²) >= 11 is 0. The Labute approximate surface area is 113 Å². The van der Waals surface area contributed by atoms with Crippen LogP contribution in [0.3, 0.4) is 0 Å². The molecule has 0 N–H and O–H groups in total. The van der Waals surface area contributed by atoms with Crippen LogP contribution in [0.1, 0.15) is 31.7 Å². The number of hydrogen-bond acceptors (Lipinski definition) is 3. The molecule has 3 heteroatoms. The molecule has 1 atom stereocenters. The van der Waals surface area contributed by atoms with Crippen LogP contribution < -0.4 is 4.90 Å². The minimum atomic E-state index is -0.158. The van der Waals surface area contributed by atoms with Gasteiger partial charge in [-0.3, -0.25) is 0 Å². The number of fused-ring (bicyclic) bond motifs is 3. The van der Waals surface area contributed by atoms with Crippen LogP contribution in [0.25, 0.3) is 6.08 Å². The first-order chi connectivity index (χ1) is 9.31. The summed E-state index contributed by atoms with van der Waals surface area (Å²) in [7, 11) is 0. The molecule has 1 aromatic carbocycles. The lowest BCUT2D eigenvalue weighted by Gasteiger charge is -2.41. The quantitative estimate of drug-likeness (QED) is 0.763. The van der Waals surface area contributed by atoms with E-state index < -0.39 is 0 Å². The SMILES string of the molecule is CCOC(=O)C1=Cc2ccccc2N2CCCCC12. The number of anilines is 1. The van der Waals surface area contributed by atoms with Gasteiger partial charge in [0, 0.05) is 12.2 Å². The Morgan fingerprint density at radius 1 is 1.37 bits per heavy atom. The van der Waals surface area contributed by atoms with Crippen molar-refractivity contribution < 1.29 is 9.53 Å². The third-order valence-electron chi connectivity index (χ3n) is 3.93. The van der Waals surface area contributed by atoms with Crippen LogP contribution in [0.4, 0.5) is 5.69 Å². The Balaban J connectivity index is 2.03. The van der Waals surface area contributed by atoms with Gasteiger partial charge in [-0.05, 0) is 43.9 Å². The van der Waals surface area contributed by atoms with Crippen molar-refractivity contribution in [3.8, 4) is 0 Å². The Hall–Kier alpha value is -1.77. The van der Waals surface area contributed by atoms with Crippen molar-refractivity contribution in [2.75, 3.05) is 18.1 Å². The second kappa shape index (κ2) is 5.08. The second-order valence-electron chi connectivity index (χ2n) is 5.08. The molecule has 2 heterocycles. The van der Waals surface area contributed by atoms with Crippen molar-refractivity contribution in [1.82, 2.24) is 0 Å². The molecule has 19 heavy (non-hydrogen) atoms. The molecule has 1 saturated heterocycles. The highest BCUT2D eigenvalue weighted by Gasteiger charge is 2.34. The van der Waals surface area contributed by atoms with Crippen LogP contribution in [0.15, 0.2) is 29.8 Å². The number of esters is 1. The third-order valence-corrected chi connectivity index (χ3v) is 3.93. The van der Waals surface area contributed by atoms with E-state index in [9.17, 15) is 4.79 Å². The van der Waals surface area contributed by atoms with Gasteiger partial charge in [-0.25, -0.2) is 4.79 Å². The van der Waals surface area contributed by atoms with E-state index in [1.54, 1.807) is 0 Å². The molecule has 0 amide bonds. The summed E-state index contributed by atoms with van der Waals surface area (Å²) in [5.41, 5.74) is 3.20. The van der Waals surface area contributed by atoms with E-state index in [-0.39, 0.29) is 12.0 Å². The highest BCUT2D eigenvalue weighted by molar-refractivity contribution is 5.98. The van der Waals surface area contributed by atoms with E-state index in [1.165, 1.54) is 18.5 Å². The maximum Gasteiger partial charge on any atom is 0.336 e. The first kappa shape index (κ1) is 12.3. The van der Waals surface area contributed by atoms with Crippen molar-refractivity contribution >= 4 is 17.7 Å². The Bertz CT molecular complexity index is 521.